The van der Waals surface area contributed by atoms with E-state index in [0.29, 0.717) is 12.0 Å². The molecule has 1 saturated heterocycles. The van der Waals surface area contributed by atoms with Gasteiger partial charge in [-0.2, -0.15) is 0 Å². The van der Waals surface area contributed by atoms with Crippen LogP contribution in [0.3, 0.4) is 0 Å². The molecule has 0 aromatic carbocycles. The third kappa shape index (κ3) is 3.25. The van der Waals surface area contributed by atoms with Crippen LogP contribution < -0.4 is 5.32 Å². The van der Waals surface area contributed by atoms with Gasteiger partial charge in [-0.3, -0.25) is 0 Å². The Labute approximate surface area is 110 Å². The van der Waals surface area contributed by atoms with Crippen molar-refractivity contribution in [1.82, 2.24) is 14.5 Å². The summed E-state index contributed by atoms with van der Waals surface area (Å²) in [4.78, 5) is 6.86. The molecule has 0 spiro atoms. The Morgan fingerprint density at radius 3 is 3.06 bits per heavy atom. The number of nitrogens with one attached hydrogen (secondary N) is 1. The number of piperidine rings is 1. The summed E-state index contributed by atoms with van der Waals surface area (Å²) in [6.45, 7) is 7.97. The first-order chi connectivity index (χ1) is 8.70. The Balaban J connectivity index is 1.94. The molecule has 2 heterocycles. The summed E-state index contributed by atoms with van der Waals surface area (Å²) in [7, 11) is 2.20. The summed E-state index contributed by atoms with van der Waals surface area (Å²) in [5.74, 6) is 1.73. The number of aromatic nitrogens is 2. The molecule has 0 aliphatic carbocycles. The molecule has 0 radical (unpaired) electrons. The molecule has 2 atom stereocenters. The van der Waals surface area contributed by atoms with Gasteiger partial charge in [-0.25, -0.2) is 4.98 Å². The first kappa shape index (κ1) is 13.4. The lowest BCUT2D eigenvalue weighted by Crippen LogP contribution is -2.43. The number of likely N-dealkylation sites (tertiary alicyclic amines) is 1. The van der Waals surface area contributed by atoms with Crippen molar-refractivity contribution in [2.24, 2.45) is 5.92 Å². The van der Waals surface area contributed by atoms with E-state index in [9.17, 15) is 0 Å². The van der Waals surface area contributed by atoms with E-state index in [0.717, 1.165) is 12.5 Å². The largest absolute Gasteiger partial charge is 0.353 e. The van der Waals surface area contributed by atoms with Crippen molar-refractivity contribution in [2.45, 2.75) is 45.7 Å². The van der Waals surface area contributed by atoms with Gasteiger partial charge in [-0.15, -0.1) is 0 Å². The zero-order chi connectivity index (χ0) is 13.0. The molecular weight excluding hydrogens is 224 g/mol. The summed E-state index contributed by atoms with van der Waals surface area (Å²) < 4.78 is 2.24. The number of rotatable bonds is 5. The van der Waals surface area contributed by atoms with Crippen molar-refractivity contribution in [1.29, 1.82) is 0 Å². The molecule has 1 aromatic rings. The Morgan fingerprint density at radius 2 is 2.33 bits per heavy atom. The molecule has 1 aliphatic rings. The third-order valence-electron chi connectivity index (χ3n) is 3.89. The fourth-order valence-electron chi connectivity index (χ4n) is 2.69. The average Bonchev–Trinajstić information content (AvgIpc) is 2.77. The van der Waals surface area contributed by atoms with Gasteiger partial charge >= 0.3 is 0 Å². The van der Waals surface area contributed by atoms with E-state index in [1.807, 2.05) is 6.20 Å². The van der Waals surface area contributed by atoms with Gasteiger partial charge < -0.3 is 14.8 Å². The first-order valence-corrected chi connectivity index (χ1v) is 7.17. The highest BCUT2D eigenvalue weighted by Crippen LogP contribution is 2.19. The summed E-state index contributed by atoms with van der Waals surface area (Å²) in [5, 5.41) is 3.63. The van der Waals surface area contributed by atoms with E-state index < -0.39 is 0 Å². The lowest BCUT2D eigenvalue weighted by Gasteiger charge is -2.35. The molecule has 0 bridgehead atoms. The van der Waals surface area contributed by atoms with Crippen LogP contribution in [0.4, 0.5) is 5.95 Å². The van der Waals surface area contributed by atoms with Crippen LogP contribution in [0.25, 0.3) is 0 Å². The quantitative estimate of drug-likeness (QED) is 0.871. The van der Waals surface area contributed by atoms with Gasteiger partial charge in [-0.05, 0) is 32.4 Å². The van der Waals surface area contributed by atoms with E-state index in [1.165, 1.54) is 32.4 Å². The average molecular weight is 250 g/mol. The fraction of sp³-hybridized carbons (Fsp3) is 0.786. The SMILES string of the molecule is CCCCn1ccnc1NC1CCN(C)CC1C. The molecule has 0 saturated carbocycles. The summed E-state index contributed by atoms with van der Waals surface area (Å²) >= 11 is 0. The van der Waals surface area contributed by atoms with Gasteiger partial charge in [0.2, 0.25) is 5.95 Å². The fourth-order valence-corrected chi connectivity index (χ4v) is 2.69. The van der Waals surface area contributed by atoms with Crippen molar-refractivity contribution in [3.63, 3.8) is 0 Å². The van der Waals surface area contributed by atoms with E-state index in [2.05, 4.69) is 46.9 Å². The monoisotopic (exact) mass is 250 g/mol. The minimum atomic E-state index is 0.559. The van der Waals surface area contributed by atoms with E-state index in [1.54, 1.807) is 0 Å². The molecule has 1 N–H and O–H groups in total. The molecule has 102 valence electrons. The second-order valence-electron chi connectivity index (χ2n) is 5.58. The van der Waals surface area contributed by atoms with Crippen molar-refractivity contribution < 1.29 is 0 Å². The number of hydrogen-bond acceptors (Lipinski definition) is 3. The van der Waals surface area contributed by atoms with Crippen LogP contribution >= 0.6 is 0 Å². The van der Waals surface area contributed by atoms with Crippen LogP contribution in [0, 0.1) is 5.92 Å². The number of imidazole rings is 1. The van der Waals surface area contributed by atoms with Crippen molar-refractivity contribution in [2.75, 3.05) is 25.5 Å². The highest BCUT2D eigenvalue weighted by molar-refractivity contribution is 5.28. The van der Waals surface area contributed by atoms with Gasteiger partial charge in [-0.1, -0.05) is 20.3 Å². The maximum atomic E-state index is 4.45. The molecule has 1 fully saturated rings. The smallest absolute Gasteiger partial charge is 0.202 e. The van der Waals surface area contributed by atoms with Crippen molar-refractivity contribution in [3.05, 3.63) is 12.4 Å². The van der Waals surface area contributed by atoms with Crippen LogP contribution in [0.2, 0.25) is 0 Å². The Hall–Kier alpha value is -1.03. The molecule has 1 aromatic heterocycles. The number of anilines is 1. The van der Waals surface area contributed by atoms with Crippen LogP contribution in [-0.4, -0.2) is 40.6 Å². The molecule has 0 amide bonds. The second kappa shape index (κ2) is 6.23. The van der Waals surface area contributed by atoms with Crippen LogP contribution in [0.1, 0.15) is 33.1 Å². The maximum Gasteiger partial charge on any atom is 0.202 e. The second-order valence-corrected chi connectivity index (χ2v) is 5.58. The molecule has 1 aliphatic heterocycles. The van der Waals surface area contributed by atoms with Gasteiger partial charge in [0.25, 0.3) is 0 Å². The van der Waals surface area contributed by atoms with E-state index >= 15 is 0 Å². The maximum absolute atomic E-state index is 4.45. The highest BCUT2D eigenvalue weighted by Gasteiger charge is 2.24. The summed E-state index contributed by atoms with van der Waals surface area (Å²) in [6, 6.07) is 0.559. The minimum absolute atomic E-state index is 0.559. The normalized spacial score (nSPS) is 25.3. The lowest BCUT2D eigenvalue weighted by molar-refractivity contribution is 0.205. The first-order valence-electron chi connectivity index (χ1n) is 7.17. The number of nitrogens with zero attached hydrogens (tertiary/aromatic N) is 3. The Bertz CT molecular complexity index is 360. The zero-order valence-electron chi connectivity index (χ0n) is 11.9. The third-order valence-corrected chi connectivity index (χ3v) is 3.89. The zero-order valence-corrected chi connectivity index (χ0v) is 11.9. The van der Waals surface area contributed by atoms with Gasteiger partial charge in [0.15, 0.2) is 0 Å². The van der Waals surface area contributed by atoms with Crippen LogP contribution in [0.15, 0.2) is 12.4 Å². The lowest BCUT2D eigenvalue weighted by atomic mass is 9.94. The molecule has 2 unspecified atom stereocenters. The predicted molar refractivity (Wildman–Crippen MR) is 75.8 cm³/mol. The molecular formula is C14H26N4. The van der Waals surface area contributed by atoms with E-state index in [-0.39, 0.29) is 0 Å². The molecule has 4 nitrogen and oxygen atoms in total. The van der Waals surface area contributed by atoms with Crippen LogP contribution in [-0.2, 0) is 6.54 Å². The standard InChI is InChI=1S/C14H26N4/c1-4-5-8-18-10-7-15-14(18)16-13-6-9-17(3)11-12(13)2/h7,10,12-13H,4-6,8-9,11H2,1-3H3,(H,15,16). The minimum Gasteiger partial charge on any atom is -0.353 e. The topological polar surface area (TPSA) is 33.1 Å². The highest BCUT2D eigenvalue weighted by atomic mass is 15.2. The summed E-state index contributed by atoms with van der Waals surface area (Å²) in [5.41, 5.74) is 0. The van der Waals surface area contributed by atoms with Gasteiger partial charge in [0.1, 0.15) is 0 Å². The van der Waals surface area contributed by atoms with Gasteiger partial charge in [0.05, 0.1) is 0 Å². The number of aryl methyl sites for hydroxylation is 1. The Kier molecular flexibility index (Phi) is 4.64. The summed E-state index contributed by atoms with van der Waals surface area (Å²) in [6.07, 6.45) is 7.63. The van der Waals surface area contributed by atoms with Crippen molar-refractivity contribution >= 4 is 5.95 Å². The Morgan fingerprint density at radius 1 is 1.50 bits per heavy atom. The van der Waals surface area contributed by atoms with Gasteiger partial charge in [0, 0.05) is 31.5 Å². The van der Waals surface area contributed by atoms with E-state index in [4.69, 9.17) is 0 Å². The van der Waals surface area contributed by atoms with Crippen molar-refractivity contribution in [3.8, 4) is 0 Å². The number of hydrogen-bond donors (Lipinski definition) is 1. The van der Waals surface area contributed by atoms with Crippen LogP contribution in [0.5, 0.6) is 0 Å². The predicted octanol–water partition coefficient (Wildman–Crippen LogP) is 2.44. The molecule has 4 heteroatoms. The molecule has 2 rings (SSSR count). The molecule has 18 heavy (non-hydrogen) atoms. The number of unbranched alkanes of at least 4 members (excludes halogenated alkanes) is 1.